The summed E-state index contributed by atoms with van der Waals surface area (Å²) in [5, 5.41) is 0. The summed E-state index contributed by atoms with van der Waals surface area (Å²) in [6, 6.07) is 0. The van der Waals surface area contributed by atoms with Crippen LogP contribution in [0.3, 0.4) is 0 Å². The van der Waals surface area contributed by atoms with E-state index in [1.807, 2.05) is 20.8 Å². The number of hydrogen-bond donors (Lipinski definition) is 1. The predicted molar refractivity (Wildman–Crippen MR) is 50.7 cm³/mol. The fourth-order valence-electron chi connectivity index (χ4n) is 0.875. The van der Waals surface area contributed by atoms with Crippen molar-refractivity contribution >= 4 is 0 Å². The number of rotatable bonds is 0. The molecule has 0 atom stereocenters. The van der Waals surface area contributed by atoms with Crippen molar-refractivity contribution in [3.63, 3.8) is 0 Å². The highest BCUT2D eigenvalue weighted by atomic mass is 15.1. The van der Waals surface area contributed by atoms with Crippen molar-refractivity contribution in [3.8, 4) is 0 Å². The van der Waals surface area contributed by atoms with Gasteiger partial charge in [-0.15, -0.1) is 0 Å². The fourth-order valence-corrected chi connectivity index (χ4v) is 0.875. The average molecular weight is 158 g/mol. The molecule has 68 valence electrons. The maximum atomic E-state index is 5.35. The van der Waals surface area contributed by atoms with Crippen LogP contribution < -0.4 is 5.73 Å². The van der Waals surface area contributed by atoms with E-state index in [9.17, 15) is 0 Å². The van der Waals surface area contributed by atoms with Gasteiger partial charge in [0.15, 0.2) is 0 Å². The first-order chi connectivity index (χ1) is 4.89. The first kappa shape index (κ1) is 10.9. The normalized spacial score (nSPS) is 19.4. The summed E-state index contributed by atoms with van der Waals surface area (Å²) >= 11 is 0. The average Bonchev–Trinajstić information content (AvgIpc) is 2.12. The molecule has 0 spiro atoms. The topological polar surface area (TPSA) is 29.3 Å². The third-order valence-electron chi connectivity index (χ3n) is 1.33. The van der Waals surface area contributed by atoms with E-state index in [4.69, 9.17) is 5.73 Å². The van der Waals surface area contributed by atoms with Crippen LogP contribution in [0.5, 0.6) is 0 Å². The number of likely N-dealkylation sites (tertiary alicyclic amines) is 1. The summed E-state index contributed by atoms with van der Waals surface area (Å²) < 4.78 is 0. The van der Waals surface area contributed by atoms with Gasteiger partial charge in [0.2, 0.25) is 0 Å². The van der Waals surface area contributed by atoms with E-state index < -0.39 is 0 Å². The van der Waals surface area contributed by atoms with Crippen molar-refractivity contribution < 1.29 is 0 Å². The molecule has 1 rings (SSSR count). The third kappa shape index (κ3) is 13.0. The van der Waals surface area contributed by atoms with Gasteiger partial charge in [0, 0.05) is 5.54 Å². The Labute approximate surface area is 70.8 Å². The Hall–Kier alpha value is -0.0800. The number of nitrogens with zero attached hydrogens (tertiary/aromatic N) is 1. The number of hydrogen-bond acceptors (Lipinski definition) is 2. The summed E-state index contributed by atoms with van der Waals surface area (Å²) in [6.45, 7) is 8.53. The van der Waals surface area contributed by atoms with Crippen LogP contribution in [0, 0.1) is 0 Å². The molecular weight excluding hydrogens is 136 g/mol. The van der Waals surface area contributed by atoms with E-state index in [1.54, 1.807) is 0 Å². The molecule has 1 saturated heterocycles. The Kier molecular flexibility index (Phi) is 4.69. The first-order valence-electron chi connectivity index (χ1n) is 4.37. The molecule has 0 amide bonds. The molecule has 2 heteroatoms. The van der Waals surface area contributed by atoms with Crippen LogP contribution in [0.2, 0.25) is 0 Å². The molecule has 2 nitrogen and oxygen atoms in total. The zero-order chi connectivity index (χ0) is 8.91. The quantitative estimate of drug-likeness (QED) is 0.578. The Morgan fingerprint density at radius 3 is 1.45 bits per heavy atom. The van der Waals surface area contributed by atoms with Gasteiger partial charge in [-0.3, -0.25) is 0 Å². The summed E-state index contributed by atoms with van der Waals surface area (Å²) in [7, 11) is 2.17. The molecule has 1 aliphatic heterocycles. The van der Waals surface area contributed by atoms with Crippen LogP contribution in [-0.2, 0) is 0 Å². The summed E-state index contributed by atoms with van der Waals surface area (Å²) in [5.74, 6) is 0. The highest BCUT2D eigenvalue weighted by Gasteiger charge is 2.03. The fraction of sp³-hybridized carbons (Fsp3) is 1.00. The van der Waals surface area contributed by atoms with E-state index >= 15 is 0 Å². The van der Waals surface area contributed by atoms with Gasteiger partial charge in [0.25, 0.3) is 0 Å². The van der Waals surface area contributed by atoms with Gasteiger partial charge in [0.1, 0.15) is 0 Å². The molecule has 11 heavy (non-hydrogen) atoms. The van der Waals surface area contributed by atoms with Crippen molar-refractivity contribution in [3.05, 3.63) is 0 Å². The van der Waals surface area contributed by atoms with Gasteiger partial charge in [-0.1, -0.05) is 0 Å². The molecular formula is C9H22N2. The van der Waals surface area contributed by atoms with Gasteiger partial charge >= 0.3 is 0 Å². The largest absolute Gasteiger partial charge is 0.326 e. The zero-order valence-electron chi connectivity index (χ0n) is 8.35. The lowest BCUT2D eigenvalue weighted by Crippen LogP contribution is -2.26. The van der Waals surface area contributed by atoms with Gasteiger partial charge in [-0.05, 0) is 53.8 Å². The van der Waals surface area contributed by atoms with Gasteiger partial charge in [-0.25, -0.2) is 0 Å². The lowest BCUT2D eigenvalue weighted by atomic mass is 10.1. The van der Waals surface area contributed by atoms with E-state index in [0.29, 0.717) is 0 Å². The molecule has 0 unspecified atom stereocenters. The Morgan fingerprint density at radius 2 is 1.36 bits per heavy atom. The van der Waals surface area contributed by atoms with E-state index in [1.165, 1.54) is 25.9 Å². The van der Waals surface area contributed by atoms with E-state index in [-0.39, 0.29) is 5.54 Å². The van der Waals surface area contributed by atoms with Crippen molar-refractivity contribution in [2.45, 2.75) is 39.2 Å². The van der Waals surface area contributed by atoms with Gasteiger partial charge in [-0.2, -0.15) is 0 Å². The molecule has 0 radical (unpaired) electrons. The van der Waals surface area contributed by atoms with Crippen LogP contribution in [0.15, 0.2) is 0 Å². The van der Waals surface area contributed by atoms with Crippen LogP contribution >= 0.6 is 0 Å². The first-order valence-corrected chi connectivity index (χ1v) is 4.37. The molecule has 1 heterocycles. The van der Waals surface area contributed by atoms with Gasteiger partial charge < -0.3 is 10.6 Å². The van der Waals surface area contributed by atoms with Crippen LogP contribution in [-0.4, -0.2) is 30.6 Å². The molecule has 1 fully saturated rings. The maximum Gasteiger partial charge on any atom is 0.00686 e. The minimum absolute atomic E-state index is 0. The second-order valence-electron chi connectivity index (χ2n) is 4.38. The Balaban J connectivity index is 0.000000187. The second kappa shape index (κ2) is 4.73. The zero-order valence-corrected chi connectivity index (χ0v) is 8.35. The van der Waals surface area contributed by atoms with Crippen molar-refractivity contribution in [2.75, 3.05) is 20.1 Å². The van der Waals surface area contributed by atoms with E-state index in [2.05, 4.69) is 11.9 Å². The summed E-state index contributed by atoms with van der Waals surface area (Å²) in [6.07, 6.45) is 2.83. The van der Waals surface area contributed by atoms with Crippen molar-refractivity contribution in [2.24, 2.45) is 5.73 Å². The van der Waals surface area contributed by atoms with Crippen molar-refractivity contribution in [1.29, 1.82) is 0 Å². The Morgan fingerprint density at radius 1 is 1.09 bits per heavy atom. The van der Waals surface area contributed by atoms with Crippen LogP contribution in [0.25, 0.3) is 0 Å². The third-order valence-corrected chi connectivity index (χ3v) is 1.33. The molecule has 0 aromatic heterocycles. The molecule has 0 aromatic rings. The molecule has 0 bridgehead atoms. The molecule has 2 N–H and O–H groups in total. The van der Waals surface area contributed by atoms with E-state index in [0.717, 1.165) is 0 Å². The lowest BCUT2D eigenvalue weighted by molar-refractivity contribution is 0.418. The van der Waals surface area contributed by atoms with Crippen LogP contribution in [0.1, 0.15) is 33.6 Å². The van der Waals surface area contributed by atoms with Gasteiger partial charge in [0.05, 0.1) is 0 Å². The maximum absolute atomic E-state index is 5.35. The SMILES string of the molecule is CC(C)(C)N.CN1CCCC1. The minimum atomic E-state index is 0. The van der Waals surface area contributed by atoms with Crippen molar-refractivity contribution in [1.82, 2.24) is 4.90 Å². The summed E-state index contributed by atoms with van der Waals surface area (Å²) in [4.78, 5) is 2.36. The predicted octanol–water partition coefficient (Wildman–Crippen LogP) is 1.46. The standard InChI is InChI=1S/C5H11N.C4H11N/c1-6-4-2-3-5-6;1-4(2,3)5/h2-5H2,1H3;5H2,1-3H3. The van der Waals surface area contributed by atoms with Crippen LogP contribution in [0.4, 0.5) is 0 Å². The monoisotopic (exact) mass is 158 g/mol. The highest BCUT2D eigenvalue weighted by Crippen LogP contribution is 2.02. The molecule has 1 aliphatic rings. The number of nitrogens with two attached hydrogens (primary N) is 1. The molecule has 0 aromatic carbocycles. The summed E-state index contributed by atoms with van der Waals surface area (Å²) in [5.41, 5.74) is 5.35. The molecule has 0 saturated carbocycles. The lowest BCUT2D eigenvalue weighted by Gasteiger charge is -2.06. The highest BCUT2D eigenvalue weighted by molar-refractivity contribution is 4.60. The molecule has 0 aliphatic carbocycles. The Bertz CT molecular complexity index is 82.2. The smallest absolute Gasteiger partial charge is 0.00686 e. The minimum Gasteiger partial charge on any atom is -0.326 e. The second-order valence-corrected chi connectivity index (χ2v) is 4.38.